The Morgan fingerprint density at radius 1 is 1.03 bits per heavy atom. The van der Waals surface area contributed by atoms with Crippen molar-refractivity contribution in [3.63, 3.8) is 0 Å². The van der Waals surface area contributed by atoms with Crippen molar-refractivity contribution in [1.82, 2.24) is 25.3 Å². The molecule has 0 unspecified atom stereocenters. The highest BCUT2D eigenvalue weighted by Crippen LogP contribution is 2.24. The number of hydrogen-bond donors (Lipinski definition) is 1. The number of carbonyl (C=O) groups excluding carboxylic acids is 3. The summed E-state index contributed by atoms with van der Waals surface area (Å²) in [5.74, 6) is -0.889. The van der Waals surface area contributed by atoms with Crippen molar-refractivity contribution in [2.24, 2.45) is 0 Å². The molecule has 1 fully saturated rings. The molecule has 31 heavy (non-hydrogen) atoms. The second-order valence-corrected chi connectivity index (χ2v) is 7.88. The van der Waals surface area contributed by atoms with Crippen LogP contribution in [0.15, 0.2) is 60.2 Å². The van der Waals surface area contributed by atoms with Crippen molar-refractivity contribution < 1.29 is 14.4 Å². The molecule has 8 nitrogen and oxygen atoms in total. The number of hydrogen-bond acceptors (Lipinski definition) is 6. The van der Waals surface area contributed by atoms with E-state index < -0.39 is 0 Å². The van der Waals surface area contributed by atoms with Crippen LogP contribution in [0.25, 0.3) is 10.6 Å². The molecule has 2 aromatic heterocycles. The Balaban J connectivity index is 1.36. The van der Waals surface area contributed by atoms with Gasteiger partial charge in [0.1, 0.15) is 10.7 Å². The molecule has 1 aliphatic heterocycles. The normalized spacial score (nSPS) is 13.3. The Kier molecular flexibility index (Phi) is 6.32. The summed E-state index contributed by atoms with van der Waals surface area (Å²) in [6.45, 7) is 0.703. The van der Waals surface area contributed by atoms with E-state index in [1.54, 1.807) is 17.8 Å². The molecule has 0 aliphatic carbocycles. The first-order valence-electron chi connectivity index (χ1n) is 9.90. The number of pyridine rings is 1. The lowest BCUT2D eigenvalue weighted by Gasteiger charge is -2.27. The quantitative estimate of drug-likeness (QED) is 0.640. The summed E-state index contributed by atoms with van der Waals surface area (Å²) in [4.78, 5) is 46.2. The molecule has 0 spiro atoms. The van der Waals surface area contributed by atoms with Gasteiger partial charge in [0.05, 0.1) is 13.0 Å². The highest BCUT2D eigenvalue weighted by molar-refractivity contribution is 7.13. The molecule has 0 saturated carbocycles. The van der Waals surface area contributed by atoms with E-state index in [9.17, 15) is 14.4 Å². The summed E-state index contributed by atoms with van der Waals surface area (Å²) in [7, 11) is 0. The lowest BCUT2D eigenvalue weighted by Crippen LogP contribution is -2.48. The molecule has 1 N–H and O–H groups in total. The van der Waals surface area contributed by atoms with Crippen LogP contribution >= 0.6 is 11.3 Å². The summed E-state index contributed by atoms with van der Waals surface area (Å²) in [6.07, 6.45) is 4.24. The molecule has 4 rings (SSSR count). The Labute approximate surface area is 183 Å². The second kappa shape index (κ2) is 9.48. The summed E-state index contributed by atoms with van der Waals surface area (Å²) in [5, 5.41) is 7.84. The maximum atomic E-state index is 13.0. The zero-order chi connectivity index (χ0) is 21.6. The van der Waals surface area contributed by atoms with Crippen LogP contribution in [0, 0.1) is 0 Å². The number of thiazole rings is 1. The molecule has 158 valence electrons. The van der Waals surface area contributed by atoms with Gasteiger partial charge in [-0.3, -0.25) is 19.4 Å². The number of amides is 3. The molecule has 3 amide bonds. The van der Waals surface area contributed by atoms with Gasteiger partial charge in [-0.2, -0.15) is 0 Å². The molecular weight excluding hydrogens is 414 g/mol. The molecule has 3 aromatic rings. The van der Waals surface area contributed by atoms with Crippen molar-refractivity contribution in [3.8, 4) is 10.6 Å². The smallest absolute Gasteiger partial charge is 0.291 e. The minimum atomic E-state index is -0.326. The van der Waals surface area contributed by atoms with Crippen LogP contribution in [-0.2, 0) is 16.0 Å². The van der Waals surface area contributed by atoms with Crippen molar-refractivity contribution >= 4 is 29.1 Å². The van der Waals surface area contributed by atoms with E-state index in [0.29, 0.717) is 24.5 Å². The van der Waals surface area contributed by atoms with Gasteiger partial charge in [0.2, 0.25) is 5.91 Å². The third kappa shape index (κ3) is 4.95. The van der Waals surface area contributed by atoms with E-state index in [1.165, 1.54) is 21.4 Å². The monoisotopic (exact) mass is 435 g/mol. The van der Waals surface area contributed by atoms with Gasteiger partial charge in [0.15, 0.2) is 0 Å². The van der Waals surface area contributed by atoms with E-state index in [-0.39, 0.29) is 36.4 Å². The highest BCUT2D eigenvalue weighted by atomic mass is 32.1. The molecule has 3 heterocycles. The highest BCUT2D eigenvalue weighted by Gasteiger charge is 2.32. The Morgan fingerprint density at radius 3 is 2.61 bits per heavy atom. The lowest BCUT2D eigenvalue weighted by atomic mass is 10.1. The third-order valence-corrected chi connectivity index (χ3v) is 5.72. The van der Waals surface area contributed by atoms with Gasteiger partial charge in [0.25, 0.3) is 11.8 Å². The number of benzene rings is 1. The number of nitrogens with one attached hydrogen (secondary N) is 1. The summed E-state index contributed by atoms with van der Waals surface area (Å²) in [6, 6.07) is 13.0. The SMILES string of the molecule is O=C(Cc1ccccc1)NCC(=O)N1CCCN1C(=O)c1csc(-c2cccnc2)n1. The summed E-state index contributed by atoms with van der Waals surface area (Å²) in [5.41, 5.74) is 2.00. The first kappa shape index (κ1) is 20.7. The molecule has 1 aliphatic rings. The second-order valence-electron chi connectivity index (χ2n) is 7.02. The van der Waals surface area contributed by atoms with Gasteiger partial charge in [-0.15, -0.1) is 11.3 Å². The number of rotatable bonds is 6. The maximum absolute atomic E-state index is 13.0. The van der Waals surface area contributed by atoms with E-state index in [4.69, 9.17) is 0 Å². The fourth-order valence-electron chi connectivity index (χ4n) is 3.32. The number of hydrazine groups is 1. The molecule has 0 atom stereocenters. The maximum Gasteiger partial charge on any atom is 0.291 e. The average Bonchev–Trinajstić information content (AvgIpc) is 3.49. The first-order valence-corrected chi connectivity index (χ1v) is 10.8. The third-order valence-electron chi connectivity index (χ3n) is 4.83. The number of aromatic nitrogens is 2. The minimum absolute atomic E-state index is 0.159. The summed E-state index contributed by atoms with van der Waals surface area (Å²) >= 11 is 1.36. The van der Waals surface area contributed by atoms with E-state index in [2.05, 4.69) is 15.3 Å². The molecule has 0 radical (unpaired) electrons. The van der Waals surface area contributed by atoms with Gasteiger partial charge >= 0.3 is 0 Å². The van der Waals surface area contributed by atoms with Gasteiger partial charge in [-0.25, -0.2) is 15.0 Å². The van der Waals surface area contributed by atoms with Crippen LogP contribution in [0.5, 0.6) is 0 Å². The Bertz CT molecular complexity index is 1070. The summed E-state index contributed by atoms with van der Waals surface area (Å²) < 4.78 is 0. The fourth-order valence-corrected chi connectivity index (χ4v) is 4.10. The standard InChI is InChI=1S/C22H21N5O3S/c28-19(12-16-6-2-1-3-7-16)24-14-20(29)26-10-5-11-27(26)22(30)18-15-31-21(25-18)17-8-4-9-23-13-17/h1-4,6-9,13,15H,5,10-12,14H2,(H,24,28). The van der Waals surface area contributed by atoms with Crippen molar-refractivity contribution in [2.45, 2.75) is 12.8 Å². The van der Waals surface area contributed by atoms with Crippen LogP contribution in [0.1, 0.15) is 22.5 Å². The van der Waals surface area contributed by atoms with Crippen LogP contribution in [0.2, 0.25) is 0 Å². The van der Waals surface area contributed by atoms with Crippen LogP contribution in [-0.4, -0.2) is 57.3 Å². The molecule has 1 saturated heterocycles. The van der Waals surface area contributed by atoms with Gasteiger partial charge in [-0.1, -0.05) is 30.3 Å². The zero-order valence-corrected chi connectivity index (χ0v) is 17.5. The Morgan fingerprint density at radius 2 is 1.84 bits per heavy atom. The van der Waals surface area contributed by atoms with Gasteiger partial charge < -0.3 is 5.32 Å². The molecular formula is C22H21N5O3S. The van der Waals surface area contributed by atoms with Crippen LogP contribution in [0.4, 0.5) is 0 Å². The van der Waals surface area contributed by atoms with Crippen LogP contribution < -0.4 is 5.32 Å². The van der Waals surface area contributed by atoms with Crippen LogP contribution in [0.3, 0.4) is 0 Å². The van der Waals surface area contributed by atoms with Crippen molar-refractivity contribution in [1.29, 1.82) is 0 Å². The van der Waals surface area contributed by atoms with Crippen molar-refractivity contribution in [2.75, 3.05) is 19.6 Å². The topological polar surface area (TPSA) is 95.5 Å². The van der Waals surface area contributed by atoms with Crippen molar-refractivity contribution in [3.05, 3.63) is 71.5 Å². The van der Waals surface area contributed by atoms with E-state index in [0.717, 1.165) is 11.1 Å². The zero-order valence-electron chi connectivity index (χ0n) is 16.7. The Hall–Kier alpha value is -3.59. The van der Waals surface area contributed by atoms with E-state index >= 15 is 0 Å². The molecule has 9 heteroatoms. The van der Waals surface area contributed by atoms with Gasteiger partial charge in [-0.05, 0) is 24.1 Å². The predicted molar refractivity (Wildman–Crippen MR) is 116 cm³/mol. The number of nitrogens with zero attached hydrogens (tertiary/aromatic N) is 4. The van der Waals surface area contributed by atoms with E-state index in [1.807, 2.05) is 42.5 Å². The largest absolute Gasteiger partial charge is 0.347 e. The van der Waals surface area contributed by atoms with Gasteiger partial charge in [0, 0.05) is 36.4 Å². The fraction of sp³-hybridized carbons (Fsp3) is 0.227. The molecule has 0 bridgehead atoms. The lowest BCUT2D eigenvalue weighted by molar-refractivity contribution is -0.140. The molecule has 1 aromatic carbocycles. The average molecular weight is 436 g/mol. The predicted octanol–water partition coefficient (Wildman–Crippen LogP) is 2.15. The number of carbonyl (C=O) groups is 3. The minimum Gasteiger partial charge on any atom is -0.347 e. The first-order chi connectivity index (χ1) is 15.1.